The Morgan fingerprint density at radius 3 is 2.95 bits per heavy atom. The standard InChI is InChI=1S/C12H10N2O5S/c1-2-18-11(17)9-6-19-12(14-9)20-7-3-4-13-8(5-7)10(15)16/h3-6H,2H2,1H3,(H,15,16). The molecule has 0 aromatic carbocycles. The first-order valence-electron chi connectivity index (χ1n) is 5.60. The lowest BCUT2D eigenvalue weighted by molar-refractivity contribution is 0.0518. The summed E-state index contributed by atoms with van der Waals surface area (Å²) in [6.07, 6.45) is 2.57. The van der Waals surface area contributed by atoms with Gasteiger partial charge in [-0.2, -0.15) is 4.98 Å². The molecule has 0 spiro atoms. The van der Waals surface area contributed by atoms with Crippen molar-refractivity contribution in [3.05, 3.63) is 36.0 Å². The average Bonchev–Trinajstić information content (AvgIpc) is 2.88. The van der Waals surface area contributed by atoms with Crippen LogP contribution in [0.15, 0.2) is 39.1 Å². The molecule has 0 saturated heterocycles. The molecule has 0 aliphatic carbocycles. The zero-order valence-electron chi connectivity index (χ0n) is 10.4. The van der Waals surface area contributed by atoms with Gasteiger partial charge in [0, 0.05) is 11.1 Å². The number of carboxylic acids is 1. The molecule has 1 N–H and O–H groups in total. The Hall–Kier alpha value is -2.35. The van der Waals surface area contributed by atoms with Crippen LogP contribution in [0.3, 0.4) is 0 Å². The second-order valence-electron chi connectivity index (χ2n) is 3.50. The monoisotopic (exact) mass is 294 g/mol. The minimum absolute atomic E-state index is 0.0712. The third-order valence-corrected chi connectivity index (χ3v) is 2.98. The molecule has 2 heterocycles. The van der Waals surface area contributed by atoms with E-state index in [9.17, 15) is 9.59 Å². The first kappa shape index (κ1) is 14.1. The molecule has 20 heavy (non-hydrogen) atoms. The van der Waals surface area contributed by atoms with Gasteiger partial charge in [-0.3, -0.25) is 0 Å². The number of aromatic nitrogens is 2. The maximum Gasteiger partial charge on any atom is 0.360 e. The van der Waals surface area contributed by atoms with E-state index in [0.29, 0.717) is 4.90 Å². The predicted octanol–water partition coefficient (Wildman–Crippen LogP) is 2.10. The first-order valence-corrected chi connectivity index (χ1v) is 6.41. The molecule has 0 fully saturated rings. The van der Waals surface area contributed by atoms with Crippen molar-refractivity contribution in [3.63, 3.8) is 0 Å². The molecule has 0 radical (unpaired) electrons. The lowest BCUT2D eigenvalue weighted by Gasteiger charge is -1.98. The summed E-state index contributed by atoms with van der Waals surface area (Å²) >= 11 is 1.09. The van der Waals surface area contributed by atoms with Gasteiger partial charge in [0.2, 0.25) is 0 Å². The van der Waals surface area contributed by atoms with Crippen molar-refractivity contribution in [2.45, 2.75) is 17.0 Å². The lowest BCUT2D eigenvalue weighted by atomic mass is 10.4. The van der Waals surface area contributed by atoms with E-state index < -0.39 is 11.9 Å². The van der Waals surface area contributed by atoms with E-state index >= 15 is 0 Å². The summed E-state index contributed by atoms with van der Waals surface area (Å²) in [6.45, 7) is 1.94. The molecule has 0 saturated carbocycles. The molecule has 0 atom stereocenters. The molecule has 2 aromatic rings. The topological polar surface area (TPSA) is 103 Å². The SMILES string of the molecule is CCOC(=O)c1coc(Sc2ccnc(C(=O)O)c2)n1. The van der Waals surface area contributed by atoms with Crippen LogP contribution in [0.25, 0.3) is 0 Å². The number of carboxylic acid groups (broad SMARTS) is 1. The fourth-order valence-corrected chi connectivity index (χ4v) is 2.04. The van der Waals surface area contributed by atoms with Crippen LogP contribution < -0.4 is 0 Å². The Labute approximate surface area is 118 Å². The molecule has 2 rings (SSSR count). The van der Waals surface area contributed by atoms with Gasteiger partial charge >= 0.3 is 11.9 Å². The smallest absolute Gasteiger partial charge is 0.360 e. The second kappa shape index (κ2) is 6.20. The molecule has 0 aliphatic heterocycles. The van der Waals surface area contributed by atoms with Crippen LogP contribution in [-0.2, 0) is 4.74 Å². The van der Waals surface area contributed by atoms with Crippen molar-refractivity contribution in [3.8, 4) is 0 Å². The van der Waals surface area contributed by atoms with Gasteiger partial charge in [0.1, 0.15) is 12.0 Å². The van der Waals surface area contributed by atoms with Gasteiger partial charge in [-0.25, -0.2) is 14.6 Å². The largest absolute Gasteiger partial charge is 0.477 e. The molecule has 0 bridgehead atoms. The average molecular weight is 294 g/mol. The van der Waals surface area contributed by atoms with Gasteiger partial charge in [-0.1, -0.05) is 0 Å². The molecule has 8 heteroatoms. The molecule has 104 valence electrons. The van der Waals surface area contributed by atoms with Gasteiger partial charge in [-0.05, 0) is 30.8 Å². The van der Waals surface area contributed by atoms with Crippen LogP contribution in [0.1, 0.15) is 27.9 Å². The van der Waals surface area contributed by atoms with Crippen LogP contribution in [0.2, 0.25) is 0 Å². The number of oxazole rings is 1. The van der Waals surface area contributed by atoms with Crippen LogP contribution >= 0.6 is 11.8 Å². The predicted molar refractivity (Wildman–Crippen MR) is 67.8 cm³/mol. The van der Waals surface area contributed by atoms with Gasteiger partial charge in [0.25, 0.3) is 5.22 Å². The first-order chi connectivity index (χ1) is 9.60. The van der Waals surface area contributed by atoms with Crippen LogP contribution in [0, 0.1) is 0 Å². The van der Waals surface area contributed by atoms with Crippen molar-refractivity contribution in [1.29, 1.82) is 0 Å². The zero-order chi connectivity index (χ0) is 14.5. The van der Waals surface area contributed by atoms with Crippen molar-refractivity contribution in [2.24, 2.45) is 0 Å². The zero-order valence-corrected chi connectivity index (χ0v) is 11.2. The number of carbonyl (C=O) groups is 2. The van der Waals surface area contributed by atoms with Crippen LogP contribution in [-0.4, -0.2) is 33.6 Å². The van der Waals surface area contributed by atoms with Gasteiger partial charge < -0.3 is 14.3 Å². The number of ether oxygens (including phenoxy) is 1. The van der Waals surface area contributed by atoms with Gasteiger partial charge in [0.15, 0.2) is 5.69 Å². The van der Waals surface area contributed by atoms with E-state index in [0.717, 1.165) is 11.8 Å². The van der Waals surface area contributed by atoms with Crippen LogP contribution in [0.5, 0.6) is 0 Å². The Bertz CT molecular complexity index is 640. The number of rotatable bonds is 5. The summed E-state index contributed by atoms with van der Waals surface area (Å²) in [7, 11) is 0. The van der Waals surface area contributed by atoms with E-state index in [4.69, 9.17) is 14.3 Å². The number of pyridine rings is 1. The van der Waals surface area contributed by atoms with Crippen molar-refractivity contribution >= 4 is 23.7 Å². The van der Waals surface area contributed by atoms with E-state index in [1.165, 1.54) is 18.5 Å². The molecular weight excluding hydrogens is 284 g/mol. The van der Waals surface area contributed by atoms with Crippen molar-refractivity contribution < 1.29 is 23.8 Å². The highest BCUT2D eigenvalue weighted by Crippen LogP contribution is 2.27. The second-order valence-corrected chi connectivity index (χ2v) is 4.53. The number of hydrogen-bond donors (Lipinski definition) is 1. The minimum atomic E-state index is -1.12. The maximum absolute atomic E-state index is 11.4. The number of aromatic carboxylic acids is 1. The Morgan fingerprint density at radius 2 is 2.25 bits per heavy atom. The van der Waals surface area contributed by atoms with Gasteiger partial charge in [-0.15, -0.1) is 0 Å². The summed E-state index contributed by atoms with van der Waals surface area (Å²) in [6, 6.07) is 3.01. The molecule has 0 aliphatic rings. The Balaban J connectivity index is 2.12. The number of hydrogen-bond acceptors (Lipinski definition) is 7. The molecule has 7 nitrogen and oxygen atoms in total. The van der Waals surface area contributed by atoms with E-state index in [1.807, 2.05) is 0 Å². The Morgan fingerprint density at radius 1 is 1.45 bits per heavy atom. The third kappa shape index (κ3) is 3.35. The highest BCUT2D eigenvalue weighted by molar-refractivity contribution is 7.99. The van der Waals surface area contributed by atoms with Crippen molar-refractivity contribution in [2.75, 3.05) is 6.61 Å². The summed E-state index contributed by atoms with van der Waals surface area (Å²) in [4.78, 5) is 30.5. The van der Waals surface area contributed by atoms with Crippen molar-refractivity contribution in [1.82, 2.24) is 9.97 Å². The van der Waals surface area contributed by atoms with E-state index in [-0.39, 0.29) is 23.2 Å². The maximum atomic E-state index is 11.4. The fourth-order valence-electron chi connectivity index (χ4n) is 1.30. The molecular formula is C12H10N2O5S. The highest BCUT2D eigenvalue weighted by atomic mass is 32.2. The summed E-state index contributed by atoms with van der Waals surface area (Å²) in [5, 5.41) is 9.06. The summed E-state index contributed by atoms with van der Waals surface area (Å²) in [5.74, 6) is -1.68. The lowest BCUT2D eigenvalue weighted by Crippen LogP contribution is -2.04. The third-order valence-electron chi connectivity index (χ3n) is 2.12. The van der Waals surface area contributed by atoms with E-state index in [1.54, 1.807) is 13.0 Å². The fraction of sp³-hybridized carbons (Fsp3) is 0.167. The minimum Gasteiger partial charge on any atom is -0.477 e. The summed E-state index contributed by atoms with van der Waals surface area (Å²) in [5.41, 5.74) is -0.00552. The number of esters is 1. The molecule has 2 aromatic heterocycles. The van der Waals surface area contributed by atoms with Gasteiger partial charge in [0.05, 0.1) is 6.61 Å². The molecule has 0 unspecified atom stereocenters. The summed E-state index contributed by atoms with van der Waals surface area (Å²) < 4.78 is 9.90. The highest BCUT2D eigenvalue weighted by Gasteiger charge is 2.14. The van der Waals surface area contributed by atoms with Crippen LogP contribution in [0.4, 0.5) is 0 Å². The number of carbonyl (C=O) groups excluding carboxylic acids is 1. The normalized spacial score (nSPS) is 10.2. The Kier molecular flexibility index (Phi) is 4.36. The quantitative estimate of drug-likeness (QED) is 0.836. The van der Waals surface area contributed by atoms with E-state index in [2.05, 4.69) is 9.97 Å². The molecule has 0 amide bonds. The number of nitrogens with zero attached hydrogens (tertiary/aromatic N) is 2.